The third-order valence-corrected chi connectivity index (χ3v) is 6.74. The van der Waals surface area contributed by atoms with Gasteiger partial charge in [-0.3, -0.25) is 4.79 Å². The monoisotopic (exact) mass is 556 g/mol. The number of hydrogen-bond acceptors (Lipinski definition) is 6. The van der Waals surface area contributed by atoms with E-state index >= 15 is 0 Å². The smallest absolute Gasteiger partial charge is 0.252 e. The number of para-hydroxylation sites is 1. The third kappa shape index (κ3) is 5.73. The Labute approximate surface area is 228 Å². The fourth-order valence-electron chi connectivity index (χ4n) is 4.58. The van der Waals surface area contributed by atoms with Gasteiger partial charge in [-0.15, -0.1) is 0 Å². The molecule has 0 bridgehead atoms. The van der Waals surface area contributed by atoms with Crippen molar-refractivity contribution in [3.8, 4) is 11.4 Å². The van der Waals surface area contributed by atoms with Gasteiger partial charge in [-0.2, -0.15) is 5.10 Å². The number of aryl methyl sites for hydroxylation is 1. The molecule has 1 amide bonds. The molecule has 204 valence electrons. The van der Waals surface area contributed by atoms with Crippen molar-refractivity contribution in [2.45, 2.75) is 52.2 Å². The zero-order valence-electron chi connectivity index (χ0n) is 21.8. The summed E-state index contributed by atoms with van der Waals surface area (Å²) in [5.74, 6) is -1.79. The second-order valence-corrected chi connectivity index (χ2v) is 10.2. The molecule has 2 atom stereocenters. The van der Waals surface area contributed by atoms with Gasteiger partial charge in [-0.25, -0.2) is 18.4 Å². The molecule has 5 rings (SSSR count). The van der Waals surface area contributed by atoms with E-state index in [9.17, 15) is 13.6 Å². The molecule has 39 heavy (non-hydrogen) atoms. The number of benzene rings is 2. The number of carbonyl (C=O) groups is 1. The summed E-state index contributed by atoms with van der Waals surface area (Å²) >= 11 is 6.46. The maximum atomic E-state index is 14.4. The van der Waals surface area contributed by atoms with E-state index in [1.165, 1.54) is 23.0 Å². The summed E-state index contributed by atoms with van der Waals surface area (Å²) < 4.78 is 46.8. The molecule has 0 aliphatic carbocycles. The fraction of sp³-hybridized carbons (Fsp3) is 0.321. The van der Waals surface area contributed by atoms with Gasteiger partial charge in [0.15, 0.2) is 17.7 Å². The molecule has 1 unspecified atom stereocenters. The Balaban J connectivity index is 1.42. The lowest BCUT2D eigenvalue weighted by atomic mass is 10.0. The number of hydrogen-bond donors (Lipinski definition) is 1. The van der Waals surface area contributed by atoms with E-state index in [-0.39, 0.29) is 24.1 Å². The first-order chi connectivity index (χ1) is 18.5. The van der Waals surface area contributed by atoms with Crippen LogP contribution in [0.4, 0.5) is 8.78 Å². The highest BCUT2D eigenvalue weighted by Gasteiger charge is 2.37. The van der Waals surface area contributed by atoms with Gasteiger partial charge in [0.25, 0.3) is 5.91 Å². The van der Waals surface area contributed by atoms with Crippen LogP contribution in [0.2, 0.25) is 5.02 Å². The number of nitrogens with zero attached hydrogens (tertiary/aromatic N) is 3. The Hall–Kier alpha value is -3.60. The number of halogens is 3. The number of nitrogens with one attached hydrogen (secondary N) is 1. The molecular weight excluding hydrogens is 530 g/mol. The minimum atomic E-state index is -0.858. The molecule has 8 nitrogen and oxygen atoms in total. The Bertz CT molecular complexity index is 1560. The number of pyridine rings is 1. The van der Waals surface area contributed by atoms with Crippen molar-refractivity contribution >= 4 is 28.4 Å². The summed E-state index contributed by atoms with van der Waals surface area (Å²) in [5, 5.41) is 7.80. The molecule has 0 saturated carbocycles. The van der Waals surface area contributed by atoms with Gasteiger partial charge in [0.05, 0.1) is 35.8 Å². The predicted octanol–water partition coefficient (Wildman–Crippen LogP) is 5.57. The van der Waals surface area contributed by atoms with Crippen LogP contribution < -0.4 is 10.1 Å². The summed E-state index contributed by atoms with van der Waals surface area (Å²) in [4.78, 5) is 17.4. The van der Waals surface area contributed by atoms with Gasteiger partial charge < -0.3 is 19.5 Å². The first-order valence-corrected chi connectivity index (χ1v) is 12.7. The molecule has 3 heterocycles. The van der Waals surface area contributed by atoms with Gasteiger partial charge in [0, 0.05) is 16.6 Å². The second kappa shape index (κ2) is 10.5. The molecule has 2 aromatic heterocycles. The number of aromatic nitrogens is 3. The van der Waals surface area contributed by atoms with E-state index in [1.54, 1.807) is 39.0 Å². The lowest BCUT2D eigenvalue weighted by molar-refractivity contribution is -0.153. The van der Waals surface area contributed by atoms with Crippen molar-refractivity contribution in [3.05, 3.63) is 82.3 Å². The summed E-state index contributed by atoms with van der Waals surface area (Å²) in [7, 11) is 0. The van der Waals surface area contributed by atoms with Crippen molar-refractivity contribution in [1.29, 1.82) is 0 Å². The molecule has 4 aromatic rings. The summed E-state index contributed by atoms with van der Waals surface area (Å²) in [6, 6.07) is 9.10. The number of fused-ring (bicyclic) bond motifs is 1. The van der Waals surface area contributed by atoms with Crippen LogP contribution in [0.3, 0.4) is 0 Å². The Kier molecular flexibility index (Phi) is 7.28. The maximum Gasteiger partial charge on any atom is 0.252 e. The average Bonchev–Trinajstić information content (AvgIpc) is 3.47. The molecular formula is C28H27ClF2N4O4. The molecule has 0 spiro atoms. The van der Waals surface area contributed by atoms with Crippen molar-refractivity contribution < 1.29 is 27.8 Å². The fourth-order valence-corrected chi connectivity index (χ4v) is 4.85. The van der Waals surface area contributed by atoms with Gasteiger partial charge in [-0.05, 0) is 57.5 Å². The zero-order chi connectivity index (χ0) is 27.9. The highest BCUT2D eigenvalue weighted by atomic mass is 35.5. The van der Waals surface area contributed by atoms with Crippen molar-refractivity contribution in [3.63, 3.8) is 0 Å². The van der Waals surface area contributed by atoms with E-state index in [2.05, 4.69) is 15.4 Å². The van der Waals surface area contributed by atoms with Crippen LogP contribution in [0.15, 0.2) is 48.8 Å². The molecule has 1 fully saturated rings. The SMILES string of the molecule is Cc1cc(-n2cc(F)cn2)c2cccc(OCc3c(Cl)cc(F)cc3[C@H](C)NC(=O)C3COC(C)(C)O3)c2n1. The van der Waals surface area contributed by atoms with Crippen LogP contribution in [0.1, 0.15) is 43.6 Å². The topological polar surface area (TPSA) is 87.5 Å². The zero-order valence-corrected chi connectivity index (χ0v) is 22.6. The maximum absolute atomic E-state index is 14.4. The van der Waals surface area contributed by atoms with E-state index in [0.29, 0.717) is 39.2 Å². The van der Waals surface area contributed by atoms with Crippen LogP contribution in [-0.4, -0.2) is 39.2 Å². The van der Waals surface area contributed by atoms with Gasteiger partial charge in [-0.1, -0.05) is 23.7 Å². The minimum Gasteiger partial charge on any atom is -0.487 e. The number of rotatable bonds is 7. The number of amides is 1. The third-order valence-electron chi connectivity index (χ3n) is 6.40. The highest BCUT2D eigenvalue weighted by Crippen LogP contribution is 2.33. The van der Waals surface area contributed by atoms with Crippen molar-refractivity contribution in [1.82, 2.24) is 20.1 Å². The molecule has 2 aromatic carbocycles. The van der Waals surface area contributed by atoms with Crippen LogP contribution >= 0.6 is 11.6 Å². The first-order valence-electron chi connectivity index (χ1n) is 12.3. The predicted molar refractivity (Wildman–Crippen MR) is 141 cm³/mol. The summed E-state index contributed by atoms with van der Waals surface area (Å²) in [5.41, 5.74) is 2.84. The summed E-state index contributed by atoms with van der Waals surface area (Å²) in [6.07, 6.45) is 1.63. The van der Waals surface area contributed by atoms with E-state index < -0.39 is 29.6 Å². The lowest BCUT2D eigenvalue weighted by Gasteiger charge is -2.22. The van der Waals surface area contributed by atoms with Gasteiger partial charge in [0.2, 0.25) is 0 Å². The second-order valence-electron chi connectivity index (χ2n) is 9.83. The average molecular weight is 557 g/mol. The molecule has 0 radical (unpaired) electrons. The van der Waals surface area contributed by atoms with Crippen LogP contribution in [0.5, 0.6) is 5.75 Å². The molecule has 1 saturated heterocycles. The van der Waals surface area contributed by atoms with E-state index in [1.807, 2.05) is 13.0 Å². The largest absolute Gasteiger partial charge is 0.487 e. The first kappa shape index (κ1) is 27.0. The Morgan fingerprint density at radius 1 is 1.28 bits per heavy atom. The lowest BCUT2D eigenvalue weighted by Crippen LogP contribution is -2.38. The Morgan fingerprint density at radius 3 is 2.77 bits per heavy atom. The van der Waals surface area contributed by atoms with Crippen molar-refractivity contribution in [2.24, 2.45) is 0 Å². The minimum absolute atomic E-state index is 0.0226. The van der Waals surface area contributed by atoms with Gasteiger partial charge >= 0.3 is 0 Å². The number of ether oxygens (including phenoxy) is 3. The Morgan fingerprint density at radius 2 is 2.08 bits per heavy atom. The van der Waals surface area contributed by atoms with Crippen LogP contribution in [0, 0.1) is 18.6 Å². The standard InChI is InChI=1S/C28H27ClF2N4O4/c1-15-8-23(35-12-18(31)11-32-35)19-6-5-7-24(26(19)33-15)37-13-21-20(9-17(30)10-22(21)29)16(2)34-27(36)25-14-38-28(3,4)39-25/h5-12,16,25H,13-14H2,1-4H3,(H,34,36)/t16-,25?/m0/s1. The molecule has 11 heteroatoms. The van der Waals surface area contributed by atoms with Crippen LogP contribution in [-0.2, 0) is 20.9 Å². The normalized spacial score (nSPS) is 17.4. The van der Waals surface area contributed by atoms with Crippen molar-refractivity contribution in [2.75, 3.05) is 6.61 Å². The molecule has 1 N–H and O–H groups in total. The summed E-state index contributed by atoms with van der Waals surface area (Å²) in [6.45, 7) is 7.10. The van der Waals surface area contributed by atoms with Gasteiger partial charge in [0.1, 0.15) is 23.7 Å². The van der Waals surface area contributed by atoms with E-state index in [0.717, 1.165) is 6.20 Å². The molecule has 1 aliphatic rings. The quantitative estimate of drug-likeness (QED) is 0.320. The highest BCUT2D eigenvalue weighted by molar-refractivity contribution is 6.31. The molecule has 1 aliphatic heterocycles. The van der Waals surface area contributed by atoms with E-state index in [4.69, 9.17) is 25.8 Å². The number of carbonyl (C=O) groups excluding carboxylic acids is 1. The van der Waals surface area contributed by atoms with Crippen LogP contribution in [0.25, 0.3) is 16.6 Å².